The largest absolute Gasteiger partial charge is 0.481 e. The molecule has 1 aliphatic heterocycles. The standard InChI is InChI=1S/C27H34N2O4/c1-4-24(26(30)28-14-16-32-3)33-22-12-11-19-13-15-29(27(31)21-9-10-21)25(23(19)17-22)20-7-5-18(2)6-8-20/h5-8,11-12,17,21,24-25H,4,9-10,13-16H2,1-3H3,(H,28,30). The summed E-state index contributed by atoms with van der Waals surface area (Å²) < 4.78 is 11.1. The summed E-state index contributed by atoms with van der Waals surface area (Å²) in [6.07, 6.45) is 2.78. The van der Waals surface area contributed by atoms with Gasteiger partial charge in [0.1, 0.15) is 5.75 Å². The maximum Gasteiger partial charge on any atom is 0.261 e. The molecule has 176 valence electrons. The molecule has 1 N–H and O–H groups in total. The SMILES string of the molecule is CCC(Oc1ccc2c(c1)C(c1ccc(C)cc1)N(C(=O)C1CC1)CC2)C(=O)NCCOC. The van der Waals surface area contributed by atoms with Crippen LogP contribution in [-0.2, 0) is 20.7 Å². The zero-order chi connectivity index (χ0) is 23.4. The molecule has 1 fully saturated rings. The quantitative estimate of drug-likeness (QED) is 0.590. The Morgan fingerprint density at radius 1 is 1.15 bits per heavy atom. The van der Waals surface area contributed by atoms with Crippen LogP contribution in [-0.4, -0.2) is 49.6 Å². The molecule has 0 radical (unpaired) electrons. The summed E-state index contributed by atoms with van der Waals surface area (Å²) >= 11 is 0. The first-order valence-electron chi connectivity index (χ1n) is 11.9. The first-order chi connectivity index (χ1) is 16.0. The van der Waals surface area contributed by atoms with Gasteiger partial charge in [-0.2, -0.15) is 0 Å². The Balaban J connectivity index is 1.62. The molecule has 6 nitrogen and oxygen atoms in total. The summed E-state index contributed by atoms with van der Waals surface area (Å²) in [6, 6.07) is 14.3. The maximum absolute atomic E-state index is 13.2. The molecule has 0 saturated heterocycles. The highest BCUT2D eigenvalue weighted by Crippen LogP contribution is 2.41. The number of nitrogens with zero attached hydrogens (tertiary/aromatic N) is 1. The number of hydrogen-bond acceptors (Lipinski definition) is 4. The van der Waals surface area contributed by atoms with Crippen LogP contribution in [0.2, 0.25) is 0 Å². The van der Waals surface area contributed by atoms with E-state index in [2.05, 4.69) is 42.6 Å². The van der Waals surface area contributed by atoms with E-state index in [4.69, 9.17) is 9.47 Å². The number of amides is 2. The Morgan fingerprint density at radius 2 is 1.91 bits per heavy atom. The second-order valence-corrected chi connectivity index (χ2v) is 9.03. The van der Waals surface area contributed by atoms with E-state index in [-0.39, 0.29) is 23.8 Å². The van der Waals surface area contributed by atoms with Crippen molar-refractivity contribution in [2.24, 2.45) is 5.92 Å². The number of rotatable bonds is 9. The van der Waals surface area contributed by atoms with Gasteiger partial charge in [0.25, 0.3) is 5.91 Å². The van der Waals surface area contributed by atoms with Crippen LogP contribution < -0.4 is 10.1 Å². The molecule has 1 saturated carbocycles. The molecule has 33 heavy (non-hydrogen) atoms. The second-order valence-electron chi connectivity index (χ2n) is 9.03. The van der Waals surface area contributed by atoms with Crippen LogP contribution in [0.5, 0.6) is 5.75 Å². The highest BCUT2D eigenvalue weighted by molar-refractivity contribution is 5.82. The molecule has 2 amide bonds. The highest BCUT2D eigenvalue weighted by atomic mass is 16.5. The summed E-state index contributed by atoms with van der Waals surface area (Å²) in [6.45, 7) is 5.64. The number of fused-ring (bicyclic) bond motifs is 1. The molecule has 4 rings (SSSR count). The van der Waals surface area contributed by atoms with Gasteiger partial charge in [0, 0.05) is 26.1 Å². The minimum absolute atomic E-state index is 0.137. The van der Waals surface area contributed by atoms with Crippen molar-refractivity contribution in [3.8, 4) is 5.75 Å². The van der Waals surface area contributed by atoms with Gasteiger partial charge in [-0.05, 0) is 61.4 Å². The zero-order valence-corrected chi connectivity index (χ0v) is 19.8. The second kappa shape index (κ2) is 10.4. The summed E-state index contributed by atoms with van der Waals surface area (Å²) in [5.41, 5.74) is 4.62. The first-order valence-corrected chi connectivity index (χ1v) is 11.9. The Morgan fingerprint density at radius 3 is 2.58 bits per heavy atom. The van der Waals surface area contributed by atoms with Crippen LogP contribution in [0.25, 0.3) is 0 Å². The number of hydrogen-bond donors (Lipinski definition) is 1. The van der Waals surface area contributed by atoms with Crippen LogP contribution in [0, 0.1) is 12.8 Å². The molecule has 2 aromatic rings. The molecule has 2 aliphatic rings. The molecule has 2 atom stereocenters. The van der Waals surface area contributed by atoms with Gasteiger partial charge in [0.2, 0.25) is 5.91 Å². The fraction of sp³-hybridized carbons (Fsp3) is 0.481. The van der Waals surface area contributed by atoms with Crippen LogP contribution in [0.4, 0.5) is 0 Å². The van der Waals surface area contributed by atoms with E-state index in [1.165, 1.54) is 11.1 Å². The van der Waals surface area contributed by atoms with Crippen molar-refractivity contribution >= 4 is 11.8 Å². The van der Waals surface area contributed by atoms with Gasteiger partial charge >= 0.3 is 0 Å². The van der Waals surface area contributed by atoms with Crippen molar-refractivity contribution in [2.45, 2.75) is 51.7 Å². The lowest BCUT2D eigenvalue weighted by Gasteiger charge is -2.38. The number of ether oxygens (including phenoxy) is 2. The van der Waals surface area contributed by atoms with Gasteiger partial charge in [-0.1, -0.05) is 42.8 Å². The van der Waals surface area contributed by atoms with E-state index in [1.54, 1.807) is 7.11 Å². The Hall–Kier alpha value is -2.86. The third-order valence-corrected chi connectivity index (χ3v) is 6.50. The number of aryl methyl sites for hydroxylation is 1. The van der Waals surface area contributed by atoms with Gasteiger partial charge in [-0.15, -0.1) is 0 Å². The maximum atomic E-state index is 13.2. The van der Waals surface area contributed by atoms with E-state index in [0.717, 1.165) is 36.9 Å². The third-order valence-electron chi connectivity index (χ3n) is 6.50. The lowest BCUT2D eigenvalue weighted by Crippen LogP contribution is -2.41. The zero-order valence-electron chi connectivity index (χ0n) is 19.8. The van der Waals surface area contributed by atoms with Gasteiger partial charge in [0.15, 0.2) is 6.10 Å². The summed E-state index contributed by atoms with van der Waals surface area (Å²) in [5.74, 6) is 0.925. The van der Waals surface area contributed by atoms with Crippen LogP contribution in [0.1, 0.15) is 54.5 Å². The first kappa shape index (κ1) is 23.3. The fourth-order valence-electron chi connectivity index (χ4n) is 4.45. The van der Waals surface area contributed by atoms with Crippen molar-refractivity contribution in [2.75, 3.05) is 26.8 Å². The molecule has 6 heteroatoms. The number of nitrogens with one attached hydrogen (secondary N) is 1. The predicted octanol–water partition coefficient (Wildman–Crippen LogP) is 3.80. The lowest BCUT2D eigenvalue weighted by atomic mass is 9.87. The van der Waals surface area contributed by atoms with Crippen molar-refractivity contribution in [1.29, 1.82) is 0 Å². The summed E-state index contributed by atoms with van der Waals surface area (Å²) in [7, 11) is 1.61. The van der Waals surface area contributed by atoms with E-state index in [0.29, 0.717) is 25.3 Å². The smallest absolute Gasteiger partial charge is 0.261 e. The normalized spacial score (nSPS) is 18.4. The van der Waals surface area contributed by atoms with E-state index < -0.39 is 6.10 Å². The van der Waals surface area contributed by atoms with E-state index >= 15 is 0 Å². The minimum atomic E-state index is -0.578. The van der Waals surface area contributed by atoms with E-state index in [1.807, 2.05) is 24.0 Å². The number of carbonyl (C=O) groups is 2. The van der Waals surface area contributed by atoms with E-state index in [9.17, 15) is 9.59 Å². The molecule has 0 bridgehead atoms. The van der Waals surface area contributed by atoms with Gasteiger partial charge in [0.05, 0.1) is 12.6 Å². The number of benzene rings is 2. The monoisotopic (exact) mass is 450 g/mol. The van der Waals surface area contributed by atoms with Crippen molar-refractivity contribution < 1.29 is 19.1 Å². The molecule has 0 spiro atoms. The molecule has 0 aromatic heterocycles. The van der Waals surface area contributed by atoms with Crippen LogP contribution in [0.15, 0.2) is 42.5 Å². The van der Waals surface area contributed by atoms with Crippen molar-refractivity contribution in [1.82, 2.24) is 10.2 Å². The highest BCUT2D eigenvalue weighted by Gasteiger charge is 2.39. The van der Waals surface area contributed by atoms with Crippen molar-refractivity contribution in [3.05, 3.63) is 64.7 Å². The minimum Gasteiger partial charge on any atom is -0.481 e. The molecule has 1 aliphatic carbocycles. The summed E-state index contributed by atoms with van der Waals surface area (Å²) in [4.78, 5) is 27.8. The molecular formula is C27H34N2O4. The molecule has 2 aromatic carbocycles. The fourth-order valence-corrected chi connectivity index (χ4v) is 4.45. The van der Waals surface area contributed by atoms with Crippen LogP contribution >= 0.6 is 0 Å². The number of carbonyl (C=O) groups excluding carboxylic acids is 2. The lowest BCUT2D eigenvalue weighted by molar-refractivity contribution is -0.134. The third kappa shape index (κ3) is 5.38. The Bertz CT molecular complexity index is 984. The molecule has 2 unspecified atom stereocenters. The number of methoxy groups -OCH3 is 1. The Kier molecular flexibility index (Phi) is 7.33. The van der Waals surface area contributed by atoms with Gasteiger partial charge < -0.3 is 19.7 Å². The topological polar surface area (TPSA) is 67.9 Å². The van der Waals surface area contributed by atoms with Gasteiger partial charge in [-0.3, -0.25) is 9.59 Å². The summed E-state index contributed by atoms with van der Waals surface area (Å²) in [5, 5.41) is 2.86. The predicted molar refractivity (Wildman–Crippen MR) is 127 cm³/mol. The Labute approximate surface area is 196 Å². The average Bonchev–Trinajstić information content (AvgIpc) is 3.67. The molecule has 1 heterocycles. The average molecular weight is 451 g/mol. The molecular weight excluding hydrogens is 416 g/mol. The van der Waals surface area contributed by atoms with Gasteiger partial charge in [-0.25, -0.2) is 0 Å². The van der Waals surface area contributed by atoms with Crippen molar-refractivity contribution in [3.63, 3.8) is 0 Å². The van der Waals surface area contributed by atoms with Crippen LogP contribution in [0.3, 0.4) is 0 Å².